The van der Waals surface area contributed by atoms with Gasteiger partial charge in [-0.1, -0.05) is 23.7 Å². The molecule has 0 unspecified atom stereocenters. The zero-order valence-electron chi connectivity index (χ0n) is 15.3. The summed E-state index contributed by atoms with van der Waals surface area (Å²) in [5.74, 6) is 0.0999. The second-order valence-corrected chi connectivity index (χ2v) is 6.99. The molecule has 148 valence electrons. The number of rotatable bonds is 3. The van der Waals surface area contributed by atoms with E-state index in [2.05, 4.69) is 19.9 Å². The van der Waals surface area contributed by atoms with Crippen molar-refractivity contribution in [2.45, 2.75) is 6.54 Å². The number of imidazole rings is 1. The normalized spacial score (nSPS) is 11.4. The summed E-state index contributed by atoms with van der Waals surface area (Å²) in [4.78, 5) is 30.3. The fourth-order valence-corrected chi connectivity index (χ4v) is 3.58. The second-order valence-electron chi connectivity index (χ2n) is 6.59. The van der Waals surface area contributed by atoms with E-state index >= 15 is 0 Å². The minimum atomic E-state index is -0.482. The maximum Gasteiger partial charge on any atom is 0.266 e. The van der Waals surface area contributed by atoms with Crippen molar-refractivity contribution >= 4 is 39.5 Å². The van der Waals surface area contributed by atoms with E-state index in [0.717, 1.165) is 0 Å². The first-order valence-corrected chi connectivity index (χ1v) is 9.28. The van der Waals surface area contributed by atoms with Crippen LogP contribution in [-0.2, 0) is 6.54 Å². The van der Waals surface area contributed by atoms with Crippen LogP contribution in [0.5, 0.6) is 0 Å². The van der Waals surface area contributed by atoms with Crippen LogP contribution in [0.15, 0.2) is 59.9 Å². The predicted octanol–water partition coefficient (Wildman–Crippen LogP) is 2.95. The van der Waals surface area contributed by atoms with E-state index in [1.807, 2.05) is 0 Å². The van der Waals surface area contributed by atoms with E-state index < -0.39 is 5.82 Å². The topological polar surface area (TPSA) is 105 Å². The number of para-hydroxylation sites is 1. The molecule has 3 heterocycles. The van der Waals surface area contributed by atoms with Gasteiger partial charge >= 0.3 is 0 Å². The van der Waals surface area contributed by atoms with Gasteiger partial charge in [-0.25, -0.2) is 24.3 Å². The lowest BCUT2D eigenvalue weighted by Gasteiger charge is -2.15. The third kappa shape index (κ3) is 2.87. The van der Waals surface area contributed by atoms with Gasteiger partial charge in [-0.15, -0.1) is 0 Å². The molecule has 0 saturated carbocycles. The molecule has 0 aliphatic rings. The Kier molecular flexibility index (Phi) is 4.18. The van der Waals surface area contributed by atoms with Gasteiger partial charge in [-0.05, 0) is 24.3 Å². The number of nitrogens with zero attached hydrogens (tertiary/aromatic N) is 6. The number of benzene rings is 2. The average Bonchev–Trinajstić information content (AvgIpc) is 3.13. The zero-order chi connectivity index (χ0) is 20.8. The molecule has 5 rings (SSSR count). The van der Waals surface area contributed by atoms with Gasteiger partial charge in [0.2, 0.25) is 0 Å². The lowest BCUT2D eigenvalue weighted by Crippen LogP contribution is -2.25. The van der Waals surface area contributed by atoms with Gasteiger partial charge < -0.3 is 10.3 Å². The summed E-state index contributed by atoms with van der Waals surface area (Å²) in [5.41, 5.74) is 7.15. The Morgan fingerprint density at radius 1 is 1.10 bits per heavy atom. The highest BCUT2D eigenvalue weighted by Gasteiger charge is 2.17. The number of halogens is 2. The zero-order valence-corrected chi connectivity index (χ0v) is 16.1. The molecular formula is C20H13ClFN7O. The number of fused-ring (bicyclic) bond motifs is 2. The molecule has 0 saturated heterocycles. The molecule has 0 atom stereocenters. The number of nitrogen functional groups attached to an aromatic ring is 1. The van der Waals surface area contributed by atoms with E-state index in [1.54, 1.807) is 28.8 Å². The summed E-state index contributed by atoms with van der Waals surface area (Å²) in [5, 5.41) is 0.660. The Labute approximate surface area is 173 Å². The van der Waals surface area contributed by atoms with Crippen LogP contribution in [0, 0.1) is 5.82 Å². The van der Waals surface area contributed by atoms with Gasteiger partial charge in [0.05, 0.1) is 34.5 Å². The third-order valence-corrected chi connectivity index (χ3v) is 5.06. The fraction of sp³-hybridized carbons (Fsp3) is 0.0500. The number of aromatic nitrogens is 6. The summed E-state index contributed by atoms with van der Waals surface area (Å²) in [6.45, 7) is 0.125. The molecular weight excluding hydrogens is 409 g/mol. The Hall–Kier alpha value is -3.85. The largest absolute Gasteiger partial charge is 0.382 e. The van der Waals surface area contributed by atoms with E-state index in [4.69, 9.17) is 17.3 Å². The van der Waals surface area contributed by atoms with Gasteiger partial charge in [-0.2, -0.15) is 0 Å². The molecule has 0 aliphatic heterocycles. The number of hydrogen-bond donors (Lipinski definition) is 1. The maximum absolute atomic E-state index is 13.8. The lowest BCUT2D eigenvalue weighted by atomic mass is 10.2. The van der Waals surface area contributed by atoms with E-state index in [9.17, 15) is 9.18 Å². The predicted molar refractivity (Wildman–Crippen MR) is 111 cm³/mol. The van der Waals surface area contributed by atoms with Crippen LogP contribution in [0.3, 0.4) is 0 Å². The summed E-state index contributed by atoms with van der Waals surface area (Å²) >= 11 is 6.37. The quantitative estimate of drug-likeness (QED) is 0.480. The van der Waals surface area contributed by atoms with Crippen molar-refractivity contribution < 1.29 is 4.39 Å². The molecule has 0 amide bonds. The molecule has 0 radical (unpaired) electrons. The summed E-state index contributed by atoms with van der Waals surface area (Å²) in [6.07, 6.45) is 2.87. The molecule has 5 aromatic rings. The molecule has 30 heavy (non-hydrogen) atoms. The number of nitrogens with two attached hydrogens (primary N) is 1. The smallest absolute Gasteiger partial charge is 0.266 e. The molecule has 0 aliphatic carbocycles. The van der Waals surface area contributed by atoms with Crippen molar-refractivity contribution in [2.24, 2.45) is 0 Å². The minimum absolute atomic E-state index is 0.125. The SMILES string of the molecule is Nc1ncnc2c1ncn2Cc1nc2cc(F)ccc2c(=O)n1-c1ccccc1Cl. The highest BCUT2D eigenvalue weighted by Crippen LogP contribution is 2.23. The number of anilines is 1. The number of hydrogen-bond acceptors (Lipinski definition) is 6. The van der Waals surface area contributed by atoms with Gasteiger partial charge in [-0.3, -0.25) is 9.36 Å². The van der Waals surface area contributed by atoms with Crippen LogP contribution in [0.25, 0.3) is 27.8 Å². The first-order chi connectivity index (χ1) is 14.5. The van der Waals surface area contributed by atoms with Gasteiger partial charge in [0.15, 0.2) is 11.5 Å². The average molecular weight is 422 g/mol. The van der Waals surface area contributed by atoms with Gasteiger partial charge in [0, 0.05) is 6.07 Å². The Bertz CT molecular complexity index is 1490. The van der Waals surface area contributed by atoms with Crippen LogP contribution in [0.1, 0.15) is 5.82 Å². The molecule has 8 nitrogen and oxygen atoms in total. The van der Waals surface area contributed by atoms with Crippen molar-refractivity contribution in [3.63, 3.8) is 0 Å². The van der Waals surface area contributed by atoms with Crippen LogP contribution in [-0.4, -0.2) is 29.1 Å². The molecule has 0 fully saturated rings. The van der Waals surface area contributed by atoms with E-state index in [-0.39, 0.29) is 28.8 Å². The first kappa shape index (κ1) is 18.2. The van der Waals surface area contributed by atoms with Crippen LogP contribution in [0.2, 0.25) is 5.02 Å². The van der Waals surface area contributed by atoms with Crippen molar-refractivity contribution in [1.82, 2.24) is 29.1 Å². The van der Waals surface area contributed by atoms with Crippen LogP contribution >= 0.6 is 11.6 Å². The minimum Gasteiger partial charge on any atom is -0.382 e. The van der Waals surface area contributed by atoms with Crippen molar-refractivity contribution in [2.75, 3.05) is 5.73 Å². The molecule has 3 aromatic heterocycles. The Balaban J connectivity index is 1.79. The van der Waals surface area contributed by atoms with Crippen molar-refractivity contribution in [1.29, 1.82) is 0 Å². The van der Waals surface area contributed by atoms with Gasteiger partial charge in [0.1, 0.15) is 23.5 Å². The Morgan fingerprint density at radius 3 is 2.77 bits per heavy atom. The molecule has 0 spiro atoms. The molecule has 10 heteroatoms. The third-order valence-electron chi connectivity index (χ3n) is 4.74. The van der Waals surface area contributed by atoms with Gasteiger partial charge in [0.25, 0.3) is 5.56 Å². The fourth-order valence-electron chi connectivity index (χ4n) is 3.36. The summed E-state index contributed by atoms with van der Waals surface area (Å²) in [7, 11) is 0. The highest BCUT2D eigenvalue weighted by atomic mass is 35.5. The van der Waals surface area contributed by atoms with E-state index in [0.29, 0.717) is 27.7 Å². The standard InChI is InChI=1S/C20H13ClFN7O/c21-13-3-1-2-4-15(13)29-16(27-14-7-11(22)5-6-12(14)20(29)30)8-28-10-26-17-18(23)24-9-25-19(17)28/h1-7,9-10H,8H2,(H2,23,24,25). The first-order valence-electron chi connectivity index (χ1n) is 8.90. The molecule has 0 bridgehead atoms. The summed E-state index contributed by atoms with van der Waals surface area (Å²) in [6, 6.07) is 10.8. The Morgan fingerprint density at radius 2 is 1.93 bits per heavy atom. The highest BCUT2D eigenvalue weighted by molar-refractivity contribution is 6.32. The monoisotopic (exact) mass is 421 g/mol. The lowest BCUT2D eigenvalue weighted by molar-refractivity contribution is 0.628. The summed E-state index contributed by atoms with van der Waals surface area (Å²) < 4.78 is 16.9. The second kappa shape index (κ2) is 6.89. The van der Waals surface area contributed by atoms with Crippen LogP contribution < -0.4 is 11.3 Å². The van der Waals surface area contributed by atoms with Crippen LogP contribution in [0.4, 0.5) is 10.2 Å². The van der Waals surface area contributed by atoms with E-state index in [1.165, 1.54) is 35.4 Å². The molecule has 2 N–H and O–H groups in total. The van der Waals surface area contributed by atoms with Crippen molar-refractivity contribution in [3.8, 4) is 5.69 Å². The maximum atomic E-state index is 13.8. The van der Waals surface area contributed by atoms with Crippen molar-refractivity contribution in [3.05, 3.63) is 82.1 Å². The molecule has 2 aromatic carbocycles.